The van der Waals surface area contributed by atoms with E-state index in [2.05, 4.69) is 4.74 Å². The van der Waals surface area contributed by atoms with Crippen LogP contribution in [0.4, 0.5) is 30.7 Å². The molecule has 1 aromatic rings. The first-order valence-corrected chi connectivity index (χ1v) is 4.21. The van der Waals surface area contributed by atoms with Crippen LogP contribution in [-0.2, 0) is 0 Å². The Bertz CT molecular complexity index is 429. The molecule has 0 radical (unpaired) electrons. The minimum atomic E-state index is -6.03. The lowest BCUT2D eigenvalue weighted by molar-refractivity contribution is -0.361. The van der Waals surface area contributed by atoms with E-state index in [1.165, 1.54) is 0 Å². The Morgan fingerprint density at radius 2 is 1.53 bits per heavy atom. The zero-order chi connectivity index (χ0) is 13.4. The number of hydrogen-bond donors (Lipinski definition) is 0. The van der Waals surface area contributed by atoms with Crippen LogP contribution >= 0.6 is 11.6 Å². The van der Waals surface area contributed by atoms with E-state index in [1.54, 1.807) is 0 Å². The quantitative estimate of drug-likeness (QED) is 0.585. The lowest BCUT2D eigenvalue weighted by atomic mass is 10.3. The Hall–Kier alpha value is -1.18. The van der Waals surface area contributed by atoms with Gasteiger partial charge in [0, 0.05) is 0 Å². The summed E-state index contributed by atoms with van der Waals surface area (Å²) in [6, 6.07) is 0.670. The van der Waals surface area contributed by atoms with E-state index in [4.69, 9.17) is 11.6 Å². The maximum absolute atomic E-state index is 13.0. The molecule has 0 aliphatic carbocycles. The molecular weight excluding hydrogens is 281 g/mol. The van der Waals surface area contributed by atoms with Crippen LogP contribution in [0.25, 0.3) is 0 Å². The molecule has 0 N–H and O–H groups in total. The first kappa shape index (κ1) is 13.9. The Morgan fingerprint density at radius 1 is 1.00 bits per heavy atom. The molecule has 0 spiro atoms. The summed E-state index contributed by atoms with van der Waals surface area (Å²) in [4.78, 5) is 0. The fourth-order valence-corrected chi connectivity index (χ4v) is 0.939. The molecule has 0 saturated heterocycles. The molecule has 1 nitrogen and oxygen atoms in total. The van der Waals surface area contributed by atoms with Gasteiger partial charge in [-0.15, -0.1) is 0 Å². The molecule has 1 aromatic carbocycles. The number of hydrogen-bond acceptors (Lipinski definition) is 1. The number of alkyl halides is 5. The van der Waals surface area contributed by atoms with Gasteiger partial charge in [0.05, 0.1) is 0 Å². The second-order valence-electron chi connectivity index (χ2n) is 2.79. The predicted octanol–water partition coefficient (Wildman–Crippen LogP) is 4.15. The summed E-state index contributed by atoms with van der Waals surface area (Å²) in [5.41, 5.74) is 0. The highest BCUT2D eigenvalue weighted by atomic mass is 35.5. The number of rotatable bonds is 2. The second kappa shape index (κ2) is 4.25. The van der Waals surface area contributed by atoms with Crippen molar-refractivity contribution in [3.63, 3.8) is 0 Å². The minimum absolute atomic E-state index is 0.274. The van der Waals surface area contributed by atoms with Crippen LogP contribution in [-0.4, -0.2) is 12.3 Å². The third-order valence-electron chi connectivity index (χ3n) is 1.57. The highest BCUT2D eigenvalue weighted by molar-refractivity contribution is 6.31. The molecule has 0 saturated carbocycles. The molecule has 0 aliphatic heterocycles. The Morgan fingerprint density at radius 3 is 2.00 bits per heavy atom. The number of ether oxygens (including phenoxy) is 1. The molecule has 96 valence electrons. The van der Waals surface area contributed by atoms with Gasteiger partial charge in [0.1, 0.15) is 10.8 Å². The molecule has 0 amide bonds. The Labute approximate surface area is 94.7 Å². The molecule has 9 heteroatoms. The SMILES string of the molecule is Fc1ccc(OC(F)(F)C(F)(F)F)c(F)c1Cl. The maximum Gasteiger partial charge on any atom is 0.499 e. The van der Waals surface area contributed by atoms with E-state index in [-0.39, 0.29) is 6.07 Å². The molecular formula is C8H2ClF7O. The zero-order valence-corrected chi connectivity index (χ0v) is 8.34. The normalized spacial score (nSPS) is 12.7. The number of benzene rings is 1. The Kier molecular flexibility index (Phi) is 3.47. The van der Waals surface area contributed by atoms with Crippen molar-refractivity contribution in [2.75, 3.05) is 0 Å². The third-order valence-corrected chi connectivity index (χ3v) is 1.91. The smallest absolute Gasteiger partial charge is 0.423 e. The van der Waals surface area contributed by atoms with Crippen LogP contribution in [0.2, 0.25) is 5.02 Å². The van der Waals surface area contributed by atoms with Gasteiger partial charge < -0.3 is 4.74 Å². The van der Waals surface area contributed by atoms with E-state index in [1.807, 2.05) is 0 Å². The van der Waals surface area contributed by atoms with E-state index in [0.717, 1.165) is 0 Å². The molecule has 17 heavy (non-hydrogen) atoms. The van der Waals surface area contributed by atoms with Crippen LogP contribution < -0.4 is 4.74 Å². The van der Waals surface area contributed by atoms with Crippen molar-refractivity contribution in [3.8, 4) is 5.75 Å². The third kappa shape index (κ3) is 2.74. The van der Waals surface area contributed by atoms with Crippen molar-refractivity contribution in [1.82, 2.24) is 0 Å². The van der Waals surface area contributed by atoms with Crippen molar-refractivity contribution in [2.45, 2.75) is 12.3 Å². The average molecular weight is 283 g/mol. The minimum Gasteiger partial charge on any atom is -0.423 e. The van der Waals surface area contributed by atoms with Crippen molar-refractivity contribution in [1.29, 1.82) is 0 Å². The molecule has 0 aromatic heterocycles. The molecule has 1 rings (SSSR count). The van der Waals surface area contributed by atoms with Gasteiger partial charge in [0.15, 0.2) is 11.6 Å². The van der Waals surface area contributed by atoms with E-state index >= 15 is 0 Å². The first-order chi connectivity index (χ1) is 7.56. The van der Waals surface area contributed by atoms with Crippen LogP contribution in [0.5, 0.6) is 5.75 Å². The van der Waals surface area contributed by atoms with Gasteiger partial charge in [-0.05, 0) is 12.1 Å². The summed E-state index contributed by atoms with van der Waals surface area (Å²) < 4.78 is 88.7. The van der Waals surface area contributed by atoms with E-state index in [9.17, 15) is 30.7 Å². The average Bonchev–Trinajstić information content (AvgIpc) is 2.17. The summed E-state index contributed by atoms with van der Waals surface area (Å²) >= 11 is 4.97. The van der Waals surface area contributed by atoms with Crippen LogP contribution in [0.15, 0.2) is 12.1 Å². The summed E-state index contributed by atoms with van der Waals surface area (Å²) in [5.74, 6) is -4.65. The summed E-state index contributed by atoms with van der Waals surface area (Å²) in [6.07, 6.45) is -11.6. The largest absolute Gasteiger partial charge is 0.499 e. The first-order valence-electron chi connectivity index (χ1n) is 3.83. The van der Waals surface area contributed by atoms with Crippen LogP contribution in [0, 0.1) is 11.6 Å². The molecule has 0 aliphatic rings. The molecule has 0 unspecified atom stereocenters. The maximum atomic E-state index is 13.0. The fourth-order valence-electron chi connectivity index (χ4n) is 0.783. The van der Waals surface area contributed by atoms with Gasteiger partial charge in [0.25, 0.3) is 0 Å². The predicted molar refractivity (Wildman–Crippen MR) is 43.0 cm³/mol. The van der Waals surface area contributed by atoms with Crippen molar-refractivity contribution < 1.29 is 35.5 Å². The standard InChI is InChI=1S/C8H2ClF7O/c9-5-3(10)1-2-4(6(5)11)17-8(15,16)7(12,13)14/h1-2H. The highest BCUT2D eigenvalue weighted by Gasteiger charge is 2.61. The Balaban J connectivity index is 3.09. The van der Waals surface area contributed by atoms with E-state index in [0.29, 0.717) is 6.07 Å². The van der Waals surface area contributed by atoms with Gasteiger partial charge in [-0.2, -0.15) is 22.0 Å². The fraction of sp³-hybridized carbons (Fsp3) is 0.250. The molecule has 0 heterocycles. The monoisotopic (exact) mass is 282 g/mol. The van der Waals surface area contributed by atoms with Gasteiger partial charge in [-0.1, -0.05) is 11.6 Å². The summed E-state index contributed by atoms with van der Waals surface area (Å²) in [6.45, 7) is 0. The summed E-state index contributed by atoms with van der Waals surface area (Å²) in [5, 5.41) is -1.24. The highest BCUT2D eigenvalue weighted by Crippen LogP contribution is 2.39. The second-order valence-corrected chi connectivity index (χ2v) is 3.17. The summed E-state index contributed by atoms with van der Waals surface area (Å²) in [7, 11) is 0. The van der Waals surface area contributed by atoms with Crippen LogP contribution in [0.3, 0.4) is 0 Å². The lowest BCUT2D eigenvalue weighted by Gasteiger charge is -2.20. The van der Waals surface area contributed by atoms with Crippen molar-refractivity contribution >= 4 is 11.6 Å². The lowest BCUT2D eigenvalue weighted by Crippen LogP contribution is -2.42. The van der Waals surface area contributed by atoms with Crippen molar-refractivity contribution in [2.24, 2.45) is 0 Å². The molecule has 0 bridgehead atoms. The van der Waals surface area contributed by atoms with Crippen LogP contribution in [0.1, 0.15) is 0 Å². The molecule has 0 atom stereocenters. The van der Waals surface area contributed by atoms with Crippen molar-refractivity contribution in [3.05, 3.63) is 28.8 Å². The van der Waals surface area contributed by atoms with Gasteiger partial charge >= 0.3 is 12.3 Å². The zero-order valence-electron chi connectivity index (χ0n) is 7.59. The van der Waals surface area contributed by atoms with E-state index < -0.39 is 34.7 Å². The topological polar surface area (TPSA) is 9.23 Å². The van der Waals surface area contributed by atoms with Gasteiger partial charge in [-0.3, -0.25) is 0 Å². The van der Waals surface area contributed by atoms with Gasteiger partial charge in [-0.25, -0.2) is 8.78 Å². The molecule has 0 fully saturated rings. The number of halogens is 8. The van der Waals surface area contributed by atoms with Gasteiger partial charge in [0.2, 0.25) is 0 Å².